The van der Waals surface area contributed by atoms with Crippen molar-refractivity contribution in [2.75, 3.05) is 51.0 Å². The number of halogens is 1. The van der Waals surface area contributed by atoms with E-state index in [2.05, 4.69) is 24.5 Å². The molecule has 1 aromatic carbocycles. The number of hydrogen-bond acceptors (Lipinski definition) is 9. The van der Waals surface area contributed by atoms with Gasteiger partial charge in [0.2, 0.25) is 0 Å². The van der Waals surface area contributed by atoms with Crippen molar-refractivity contribution < 1.29 is 38.7 Å². The van der Waals surface area contributed by atoms with E-state index in [9.17, 15) is 15.0 Å². The van der Waals surface area contributed by atoms with Crippen LogP contribution in [0.5, 0.6) is 5.88 Å². The van der Waals surface area contributed by atoms with E-state index in [0.717, 1.165) is 24.8 Å². The van der Waals surface area contributed by atoms with Crippen LogP contribution >= 0.6 is 11.6 Å². The van der Waals surface area contributed by atoms with Crippen molar-refractivity contribution in [2.45, 2.75) is 56.8 Å². The van der Waals surface area contributed by atoms with Gasteiger partial charge in [-0.05, 0) is 18.2 Å². The van der Waals surface area contributed by atoms with Gasteiger partial charge in [-0.2, -0.15) is 0 Å². The predicted octanol–water partition coefficient (Wildman–Crippen LogP) is 4.11. The lowest BCUT2D eigenvalue weighted by Gasteiger charge is -2.28. The molecule has 3 fully saturated rings. The van der Waals surface area contributed by atoms with Crippen LogP contribution < -0.4 is 9.64 Å². The summed E-state index contributed by atoms with van der Waals surface area (Å²) in [7, 11) is -1.35. The first-order valence-corrected chi connectivity index (χ1v) is 18.7. The molecule has 0 unspecified atom stereocenters. The molecule has 3 aliphatic heterocycles. The third-order valence-electron chi connectivity index (χ3n) is 8.14. The van der Waals surface area contributed by atoms with E-state index in [1.165, 1.54) is 0 Å². The zero-order valence-electron chi connectivity index (χ0n) is 24.6. The molecule has 13 heteroatoms. The smallest absolute Gasteiger partial charge is 0.339 e. The Morgan fingerprint density at radius 1 is 1.12 bits per heavy atom. The van der Waals surface area contributed by atoms with Crippen LogP contribution in [0.15, 0.2) is 30.3 Å². The lowest BCUT2D eigenvalue weighted by Crippen LogP contribution is -2.36. The fourth-order valence-corrected chi connectivity index (χ4v) is 6.83. The number of aromatic carboxylic acids is 1. The molecule has 0 spiro atoms. The van der Waals surface area contributed by atoms with Crippen LogP contribution in [0.3, 0.4) is 0 Å². The van der Waals surface area contributed by atoms with Crippen molar-refractivity contribution in [1.29, 1.82) is 0 Å². The molecular formula is C30H38ClN3O8Si. The second-order valence-electron chi connectivity index (χ2n) is 12.4. The van der Waals surface area contributed by atoms with Crippen LogP contribution in [0.1, 0.15) is 10.4 Å². The Labute approximate surface area is 256 Å². The van der Waals surface area contributed by atoms with Crippen molar-refractivity contribution in [3.63, 3.8) is 0 Å². The topological polar surface area (TPSA) is 125 Å². The van der Waals surface area contributed by atoms with Gasteiger partial charge in [0, 0.05) is 45.1 Å². The van der Waals surface area contributed by atoms with Gasteiger partial charge in [0.05, 0.1) is 48.2 Å². The molecule has 232 valence electrons. The summed E-state index contributed by atoms with van der Waals surface area (Å²) in [6.45, 7) is 10.8. The Morgan fingerprint density at radius 3 is 2.53 bits per heavy atom. The fourth-order valence-electron chi connectivity index (χ4n) is 5.75. The molecule has 0 bridgehead atoms. The van der Waals surface area contributed by atoms with E-state index in [0.29, 0.717) is 48.0 Å². The zero-order valence-corrected chi connectivity index (χ0v) is 26.4. The second-order valence-corrected chi connectivity index (χ2v) is 18.4. The van der Waals surface area contributed by atoms with Crippen molar-refractivity contribution in [3.8, 4) is 17.1 Å². The van der Waals surface area contributed by atoms with Crippen LogP contribution in [0.2, 0.25) is 30.7 Å². The molecule has 11 nitrogen and oxygen atoms in total. The molecule has 0 amide bonds. The van der Waals surface area contributed by atoms with Gasteiger partial charge in [0.25, 0.3) is 0 Å². The average Bonchev–Trinajstić information content (AvgIpc) is 3.66. The van der Waals surface area contributed by atoms with Crippen LogP contribution in [-0.2, 0) is 25.7 Å². The molecule has 4 atom stereocenters. The number of carbonyl (C=O) groups is 1. The Hall–Kier alpha value is -2.71. The van der Waals surface area contributed by atoms with Crippen LogP contribution in [-0.4, -0.2) is 104 Å². The van der Waals surface area contributed by atoms with Gasteiger partial charge < -0.3 is 38.8 Å². The third kappa shape index (κ3) is 6.28. The first-order chi connectivity index (χ1) is 20.6. The van der Waals surface area contributed by atoms with Crippen molar-refractivity contribution >= 4 is 42.4 Å². The first kappa shape index (κ1) is 30.3. The second kappa shape index (κ2) is 12.4. The predicted molar refractivity (Wildman–Crippen MR) is 164 cm³/mol. The van der Waals surface area contributed by atoms with Crippen LogP contribution in [0.4, 0.5) is 5.69 Å². The van der Waals surface area contributed by atoms with Crippen molar-refractivity contribution in [2.24, 2.45) is 0 Å². The number of anilines is 1. The lowest BCUT2D eigenvalue weighted by molar-refractivity contribution is 0.00478. The van der Waals surface area contributed by atoms with E-state index < -0.39 is 38.5 Å². The largest absolute Gasteiger partial charge is 0.478 e. The number of morpholine rings is 1. The highest BCUT2D eigenvalue weighted by Crippen LogP contribution is 2.39. The van der Waals surface area contributed by atoms with Crippen LogP contribution in [0.25, 0.3) is 22.3 Å². The molecule has 3 saturated heterocycles. The highest BCUT2D eigenvalue weighted by Gasteiger charge is 2.48. The highest BCUT2D eigenvalue weighted by molar-refractivity contribution is 6.76. The van der Waals surface area contributed by atoms with Gasteiger partial charge in [-0.3, -0.25) is 4.57 Å². The summed E-state index contributed by atoms with van der Waals surface area (Å²) < 4.78 is 31.1. The minimum atomic E-state index is -1.35. The number of carboxylic acids is 1. The van der Waals surface area contributed by atoms with Gasteiger partial charge in [-0.1, -0.05) is 43.4 Å². The van der Waals surface area contributed by atoms with Crippen molar-refractivity contribution in [1.82, 2.24) is 9.55 Å². The minimum absolute atomic E-state index is 0.0404. The molecule has 3 aromatic rings. The maximum Gasteiger partial charge on any atom is 0.339 e. The molecule has 3 aliphatic rings. The Morgan fingerprint density at radius 2 is 1.84 bits per heavy atom. The Bertz CT molecular complexity index is 1470. The fraction of sp³-hybridized carbons (Fsp3) is 0.533. The maximum absolute atomic E-state index is 12.7. The molecule has 0 saturated carbocycles. The number of pyridine rings is 1. The molecule has 0 aliphatic carbocycles. The van der Waals surface area contributed by atoms with Gasteiger partial charge >= 0.3 is 5.97 Å². The quantitative estimate of drug-likeness (QED) is 0.249. The van der Waals surface area contributed by atoms with E-state index in [1.54, 1.807) is 10.6 Å². The number of benzene rings is 1. The number of nitrogens with zero attached hydrogens (tertiary/aromatic N) is 3. The van der Waals surface area contributed by atoms with Crippen molar-refractivity contribution in [3.05, 3.63) is 40.9 Å². The maximum atomic E-state index is 12.7. The SMILES string of the molecule is C[Si](C)(C)CCOCn1c(O[C@@H]2CO[C@H]3[C@@H]2OC[C@H]3O)cc2nc(-c3ccc(N4CCOCC4)cc3)c(Cl)c(C(=O)O)c21. The number of aromatic nitrogens is 2. The molecule has 43 heavy (non-hydrogen) atoms. The molecule has 5 heterocycles. The Kier molecular flexibility index (Phi) is 8.71. The first-order valence-electron chi connectivity index (χ1n) is 14.7. The number of fused-ring (bicyclic) bond motifs is 2. The Balaban J connectivity index is 1.38. The summed E-state index contributed by atoms with van der Waals surface area (Å²) in [5.74, 6) is -0.809. The number of aliphatic hydroxyl groups excluding tert-OH is 1. The van der Waals surface area contributed by atoms with Gasteiger partial charge in [0.1, 0.15) is 30.6 Å². The monoisotopic (exact) mass is 631 g/mol. The number of rotatable bonds is 10. The average molecular weight is 632 g/mol. The number of ether oxygens (including phenoxy) is 5. The highest BCUT2D eigenvalue weighted by atomic mass is 35.5. The van der Waals surface area contributed by atoms with Gasteiger partial charge in [-0.15, -0.1) is 0 Å². The molecule has 2 N–H and O–H groups in total. The van der Waals surface area contributed by atoms with Gasteiger partial charge in [0.15, 0.2) is 12.0 Å². The summed E-state index contributed by atoms with van der Waals surface area (Å²) in [5, 5.41) is 20.6. The van der Waals surface area contributed by atoms with E-state index >= 15 is 0 Å². The van der Waals surface area contributed by atoms with E-state index in [4.69, 9.17) is 40.3 Å². The molecular weight excluding hydrogens is 594 g/mol. The summed E-state index contributed by atoms with van der Waals surface area (Å²) in [5.41, 5.74) is 2.79. The van der Waals surface area contributed by atoms with Crippen LogP contribution in [0, 0.1) is 0 Å². The van der Waals surface area contributed by atoms with E-state index in [1.807, 2.05) is 24.3 Å². The lowest BCUT2D eigenvalue weighted by atomic mass is 10.1. The number of aliphatic hydroxyl groups is 1. The summed E-state index contributed by atoms with van der Waals surface area (Å²) in [6, 6.07) is 10.4. The number of hydrogen-bond donors (Lipinski definition) is 2. The van der Waals surface area contributed by atoms with Gasteiger partial charge in [-0.25, -0.2) is 9.78 Å². The normalized spacial score (nSPS) is 24.1. The van der Waals surface area contributed by atoms with E-state index in [-0.39, 0.29) is 30.5 Å². The summed E-state index contributed by atoms with van der Waals surface area (Å²) in [6.07, 6.45) is -2.12. The third-order valence-corrected chi connectivity index (χ3v) is 10.2. The molecule has 2 aromatic heterocycles. The zero-order chi connectivity index (χ0) is 30.3. The summed E-state index contributed by atoms with van der Waals surface area (Å²) >= 11 is 6.84. The molecule has 0 radical (unpaired) electrons. The summed E-state index contributed by atoms with van der Waals surface area (Å²) in [4.78, 5) is 19.8. The minimum Gasteiger partial charge on any atom is -0.478 e. The molecule has 6 rings (SSSR count). The number of carboxylic acid groups (broad SMARTS) is 1. The standard InChI is InChI=1S/C30H38ClN3O8Si/c1-43(2,3)13-12-39-17-34-23(42-22-16-41-28-21(35)15-40-29(22)28)14-20-27(34)24(30(36)37)25(31)26(32-20)18-4-6-19(7-5-18)33-8-10-38-11-9-33/h4-7,14,21-22,28-29,35H,8-13,15-17H2,1-3H3,(H,36,37)/t21-,22-,28-,29-/m1/s1.